The molecule has 0 bridgehead atoms. The van der Waals surface area contributed by atoms with E-state index in [4.69, 9.17) is 0 Å². The Bertz CT molecular complexity index is 399. The Balaban J connectivity index is 0.000000112. The first-order chi connectivity index (χ1) is 6.86. The van der Waals surface area contributed by atoms with Crippen molar-refractivity contribution in [2.75, 3.05) is 0 Å². The fraction of sp³-hybridized carbons (Fsp3) is 0.0769. The average Bonchev–Trinajstić information content (AvgIpc) is 2.60. The van der Waals surface area contributed by atoms with Gasteiger partial charge in [-0.3, -0.25) is 0 Å². The molecule has 1 aromatic carbocycles. The van der Waals surface area contributed by atoms with Crippen molar-refractivity contribution in [1.82, 2.24) is 4.57 Å². The first kappa shape index (κ1) is 8.82. The largest absolute Gasteiger partial charge is 0.357 e. The van der Waals surface area contributed by atoms with Crippen LogP contribution < -0.4 is 0 Å². The second-order valence-electron chi connectivity index (χ2n) is 3.31. The smallest absolute Gasteiger partial charge is 0.0106 e. The molecule has 0 saturated heterocycles. The highest BCUT2D eigenvalue weighted by atomic mass is 14.9. The first-order valence-electron chi connectivity index (χ1n) is 4.70. The molecule has 0 spiro atoms. The van der Waals surface area contributed by atoms with Gasteiger partial charge in [-0.1, -0.05) is 36.4 Å². The zero-order valence-corrected chi connectivity index (χ0v) is 8.22. The Morgan fingerprint density at radius 3 is 1.50 bits per heavy atom. The van der Waals surface area contributed by atoms with Crippen LogP contribution in [-0.2, 0) is 7.05 Å². The van der Waals surface area contributed by atoms with Gasteiger partial charge in [-0.25, -0.2) is 0 Å². The minimum Gasteiger partial charge on any atom is -0.357 e. The highest BCUT2D eigenvalue weighted by Gasteiger charge is 1.99. The molecule has 0 amide bonds. The number of aromatic nitrogens is 1. The van der Waals surface area contributed by atoms with Gasteiger partial charge in [0.05, 0.1) is 0 Å². The Morgan fingerprint density at radius 2 is 1.29 bits per heavy atom. The van der Waals surface area contributed by atoms with E-state index in [1.807, 2.05) is 36.1 Å². The molecule has 0 aliphatic heterocycles. The lowest BCUT2D eigenvalue weighted by molar-refractivity contribution is 0.928. The number of hydrogen-bond acceptors (Lipinski definition) is 0. The predicted molar refractivity (Wildman–Crippen MR) is 60.8 cm³/mol. The lowest BCUT2D eigenvalue weighted by Gasteiger charge is -2.06. The first-order valence-corrected chi connectivity index (χ1v) is 4.70. The van der Waals surface area contributed by atoms with E-state index in [2.05, 4.69) is 36.4 Å². The van der Waals surface area contributed by atoms with Gasteiger partial charge >= 0.3 is 0 Å². The molecule has 1 aliphatic rings. The third-order valence-electron chi connectivity index (χ3n) is 2.19. The predicted octanol–water partition coefficient (Wildman–Crippen LogP) is 3.20. The second-order valence-corrected chi connectivity index (χ2v) is 3.31. The number of aryl methyl sites for hydroxylation is 1. The molecule has 1 aliphatic carbocycles. The van der Waals surface area contributed by atoms with Crippen molar-refractivity contribution < 1.29 is 0 Å². The normalized spacial score (nSPS) is 10.9. The summed E-state index contributed by atoms with van der Waals surface area (Å²) in [5, 5.41) is 0. The highest BCUT2D eigenvalue weighted by molar-refractivity contribution is 5.85. The molecule has 3 rings (SSSR count). The van der Waals surface area contributed by atoms with E-state index >= 15 is 0 Å². The molecule has 0 radical (unpaired) electrons. The monoisotopic (exact) mass is 183 g/mol. The quantitative estimate of drug-likeness (QED) is 0.504. The molecule has 2 aromatic rings. The maximum Gasteiger partial charge on any atom is 0.0106 e. The lowest BCUT2D eigenvalue weighted by atomic mass is 9.99. The van der Waals surface area contributed by atoms with Gasteiger partial charge in [0.15, 0.2) is 0 Å². The van der Waals surface area contributed by atoms with Crippen LogP contribution in [-0.4, -0.2) is 4.57 Å². The van der Waals surface area contributed by atoms with Crippen LogP contribution in [0.5, 0.6) is 0 Å². The van der Waals surface area contributed by atoms with Crippen molar-refractivity contribution in [3.63, 3.8) is 0 Å². The van der Waals surface area contributed by atoms with Crippen LogP contribution in [0.2, 0.25) is 0 Å². The van der Waals surface area contributed by atoms with Gasteiger partial charge in [-0.05, 0) is 23.3 Å². The van der Waals surface area contributed by atoms with Crippen LogP contribution in [0.4, 0.5) is 0 Å². The summed E-state index contributed by atoms with van der Waals surface area (Å²) in [6, 6.07) is 12.4. The Labute approximate surface area is 84.3 Å². The van der Waals surface area contributed by atoms with Crippen molar-refractivity contribution in [2.45, 2.75) is 0 Å². The van der Waals surface area contributed by atoms with Crippen LogP contribution in [0.1, 0.15) is 11.1 Å². The van der Waals surface area contributed by atoms with Gasteiger partial charge in [0.1, 0.15) is 0 Å². The zero-order chi connectivity index (χ0) is 9.80. The zero-order valence-electron chi connectivity index (χ0n) is 8.22. The summed E-state index contributed by atoms with van der Waals surface area (Å²) in [7, 11) is 2.00. The van der Waals surface area contributed by atoms with Crippen LogP contribution in [0.15, 0.2) is 48.8 Å². The van der Waals surface area contributed by atoms with Crippen molar-refractivity contribution in [3.05, 3.63) is 59.9 Å². The summed E-state index contributed by atoms with van der Waals surface area (Å²) in [6.07, 6.45) is 8.24. The number of rotatable bonds is 0. The van der Waals surface area contributed by atoms with Gasteiger partial charge in [0.2, 0.25) is 0 Å². The van der Waals surface area contributed by atoms with Gasteiger partial charge in [0, 0.05) is 19.4 Å². The fourth-order valence-electron chi connectivity index (χ4n) is 1.32. The molecule has 0 saturated carbocycles. The number of nitrogens with zero attached hydrogens (tertiary/aromatic N) is 1. The van der Waals surface area contributed by atoms with E-state index in [1.165, 1.54) is 11.1 Å². The van der Waals surface area contributed by atoms with Crippen LogP contribution in [0.25, 0.3) is 12.2 Å². The van der Waals surface area contributed by atoms with E-state index in [0.717, 1.165) is 0 Å². The summed E-state index contributed by atoms with van der Waals surface area (Å²) < 4.78 is 2.00. The summed E-state index contributed by atoms with van der Waals surface area (Å²) in [4.78, 5) is 0. The summed E-state index contributed by atoms with van der Waals surface area (Å²) >= 11 is 0. The maximum atomic E-state index is 2.12. The topological polar surface area (TPSA) is 4.93 Å². The summed E-state index contributed by atoms with van der Waals surface area (Å²) in [5.41, 5.74) is 2.74. The second kappa shape index (κ2) is 3.97. The Morgan fingerprint density at radius 1 is 0.786 bits per heavy atom. The van der Waals surface area contributed by atoms with E-state index in [1.54, 1.807) is 0 Å². The number of fused-ring (bicyclic) bond motifs is 1. The average molecular weight is 183 g/mol. The molecule has 1 aromatic heterocycles. The molecule has 70 valence electrons. The molecular formula is C13H13N. The Kier molecular flexibility index (Phi) is 2.50. The molecule has 0 unspecified atom stereocenters. The molecule has 1 heterocycles. The van der Waals surface area contributed by atoms with Crippen LogP contribution in [0, 0.1) is 0 Å². The van der Waals surface area contributed by atoms with E-state index in [-0.39, 0.29) is 0 Å². The molecule has 1 heteroatoms. The molecule has 0 atom stereocenters. The third kappa shape index (κ3) is 1.94. The van der Waals surface area contributed by atoms with E-state index in [0.29, 0.717) is 0 Å². The van der Waals surface area contributed by atoms with Crippen molar-refractivity contribution >= 4 is 12.2 Å². The van der Waals surface area contributed by atoms with E-state index < -0.39 is 0 Å². The third-order valence-corrected chi connectivity index (χ3v) is 2.19. The van der Waals surface area contributed by atoms with Gasteiger partial charge in [0.25, 0.3) is 0 Å². The highest BCUT2D eigenvalue weighted by Crippen LogP contribution is 2.21. The van der Waals surface area contributed by atoms with E-state index in [9.17, 15) is 0 Å². The molecular weight excluding hydrogens is 170 g/mol. The molecule has 14 heavy (non-hydrogen) atoms. The van der Waals surface area contributed by atoms with Crippen molar-refractivity contribution in [3.8, 4) is 0 Å². The Hall–Kier alpha value is -1.76. The molecule has 1 nitrogen and oxygen atoms in total. The standard InChI is InChI=1S/C8H6.C5H7N/c1-2-4-8-6-5-7(8)3-1;1-6-4-2-3-5-6/h1-6H;2-5H,1H3. The van der Waals surface area contributed by atoms with Gasteiger partial charge < -0.3 is 4.57 Å². The van der Waals surface area contributed by atoms with Crippen LogP contribution >= 0.6 is 0 Å². The number of benzene rings is 1. The van der Waals surface area contributed by atoms with Gasteiger partial charge in [-0.15, -0.1) is 0 Å². The lowest BCUT2D eigenvalue weighted by Crippen LogP contribution is -1.85. The number of hydrogen-bond donors (Lipinski definition) is 0. The van der Waals surface area contributed by atoms with Crippen molar-refractivity contribution in [2.24, 2.45) is 7.05 Å². The fourth-order valence-corrected chi connectivity index (χ4v) is 1.32. The summed E-state index contributed by atoms with van der Waals surface area (Å²) in [5.74, 6) is 0. The maximum absolute atomic E-state index is 2.12. The minimum atomic E-state index is 1.37. The van der Waals surface area contributed by atoms with Gasteiger partial charge in [-0.2, -0.15) is 0 Å². The summed E-state index contributed by atoms with van der Waals surface area (Å²) in [6.45, 7) is 0. The molecule has 0 fully saturated rings. The molecule has 0 N–H and O–H groups in total. The van der Waals surface area contributed by atoms with Crippen LogP contribution in [0.3, 0.4) is 0 Å². The SMILES string of the molecule is C1=Cc2ccccc21.Cn1cccc1. The van der Waals surface area contributed by atoms with Crippen molar-refractivity contribution in [1.29, 1.82) is 0 Å². The minimum absolute atomic E-state index is 1.37.